The van der Waals surface area contributed by atoms with Gasteiger partial charge in [-0.2, -0.15) is 0 Å². The Morgan fingerprint density at radius 2 is 2.08 bits per heavy atom. The van der Waals surface area contributed by atoms with Crippen LogP contribution in [0.3, 0.4) is 0 Å². The average molecular weight is 387 g/mol. The van der Waals surface area contributed by atoms with Crippen molar-refractivity contribution in [3.8, 4) is 5.75 Å². The van der Waals surface area contributed by atoms with E-state index in [9.17, 15) is 4.79 Å². The molecule has 0 bridgehead atoms. The molecule has 1 atom stereocenters. The van der Waals surface area contributed by atoms with Crippen molar-refractivity contribution in [2.24, 2.45) is 11.7 Å². The first-order valence-electron chi connectivity index (χ1n) is 9.03. The summed E-state index contributed by atoms with van der Waals surface area (Å²) in [5, 5.41) is 2.94. The van der Waals surface area contributed by atoms with Crippen LogP contribution >= 0.6 is 12.4 Å². The van der Waals surface area contributed by atoms with E-state index < -0.39 is 6.04 Å². The van der Waals surface area contributed by atoms with Crippen molar-refractivity contribution >= 4 is 18.3 Å². The van der Waals surface area contributed by atoms with Crippen molar-refractivity contribution < 1.29 is 19.0 Å². The Morgan fingerprint density at radius 3 is 2.77 bits per heavy atom. The normalized spacial score (nSPS) is 15.8. The number of hydrogen-bond acceptors (Lipinski definition) is 5. The quantitative estimate of drug-likeness (QED) is 0.636. The van der Waals surface area contributed by atoms with Gasteiger partial charge in [-0.25, -0.2) is 0 Å². The van der Waals surface area contributed by atoms with Crippen molar-refractivity contribution in [1.82, 2.24) is 5.32 Å². The van der Waals surface area contributed by atoms with E-state index in [4.69, 9.17) is 19.9 Å². The Balaban J connectivity index is 0.00000338. The van der Waals surface area contributed by atoms with Crippen molar-refractivity contribution in [2.75, 3.05) is 33.0 Å². The van der Waals surface area contributed by atoms with Gasteiger partial charge in [0.05, 0.1) is 12.6 Å². The lowest BCUT2D eigenvalue weighted by molar-refractivity contribution is -0.124. The molecule has 0 saturated carbocycles. The Labute approximate surface area is 162 Å². The van der Waals surface area contributed by atoms with Gasteiger partial charge in [0.15, 0.2) is 0 Å². The van der Waals surface area contributed by atoms with Gasteiger partial charge in [-0.3, -0.25) is 4.79 Å². The number of carbonyl (C=O) groups is 1. The van der Waals surface area contributed by atoms with E-state index in [-0.39, 0.29) is 24.2 Å². The first-order valence-corrected chi connectivity index (χ1v) is 9.03. The van der Waals surface area contributed by atoms with Crippen molar-refractivity contribution in [3.63, 3.8) is 0 Å². The van der Waals surface area contributed by atoms with Crippen molar-refractivity contribution in [3.05, 3.63) is 29.3 Å². The summed E-state index contributed by atoms with van der Waals surface area (Å²) in [6.07, 6.45) is 1.68. The fourth-order valence-corrected chi connectivity index (χ4v) is 2.89. The minimum Gasteiger partial charge on any atom is -0.491 e. The molecule has 1 aromatic rings. The maximum Gasteiger partial charge on any atom is 0.237 e. The van der Waals surface area contributed by atoms with Crippen LogP contribution in [-0.4, -0.2) is 45.0 Å². The van der Waals surface area contributed by atoms with Crippen LogP contribution < -0.4 is 15.8 Å². The van der Waals surface area contributed by atoms with E-state index in [0.717, 1.165) is 29.7 Å². The Morgan fingerprint density at radius 1 is 1.35 bits per heavy atom. The van der Waals surface area contributed by atoms with Crippen LogP contribution in [0.4, 0.5) is 0 Å². The molecule has 7 heteroatoms. The lowest BCUT2D eigenvalue weighted by atomic mass is 9.92. The maximum absolute atomic E-state index is 12.4. The molecule has 0 aliphatic carbocycles. The summed E-state index contributed by atoms with van der Waals surface area (Å²) in [6.45, 7) is 7.44. The summed E-state index contributed by atoms with van der Waals surface area (Å²) in [5.41, 5.74) is 8.17. The molecular formula is C19H31ClN2O4. The molecule has 1 amide bonds. The van der Waals surface area contributed by atoms with E-state index >= 15 is 0 Å². The molecule has 26 heavy (non-hydrogen) atoms. The summed E-state index contributed by atoms with van der Waals surface area (Å²) in [5.74, 6) is 0.848. The molecule has 2 rings (SSSR count). The van der Waals surface area contributed by atoms with Gasteiger partial charge in [0.1, 0.15) is 12.4 Å². The van der Waals surface area contributed by atoms with E-state index in [1.807, 2.05) is 32.0 Å². The summed E-state index contributed by atoms with van der Waals surface area (Å²) in [4.78, 5) is 12.4. The van der Waals surface area contributed by atoms with Crippen molar-refractivity contribution in [2.45, 2.75) is 39.3 Å². The Bertz CT molecular complexity index is 550. The minimum absolute atomic E-state index is 0. The van der Waals surface area contributed by atoms with Gasteiger partial charge < -0.3 is 25.3 Å². The maximum atomic E-state index is 12.4. The molecule has 1 saturated heterocycles. The number of carbonyl (C=O) groups excluding carboxylic acids is 1. The van der Waals surface area contributed by atoms with Gasteiger partial charge in [-0.15, -0.1) is 12.4 Å². The first-order chi connectivity index (χ1) is 12.1. The molecular weight excluding hydrogens is 356 g/mol. The average Bonchev–Trinajstić information content (AvgIpc) is 2.64. The fraction of sp³-hybridized carbons (Fsp3) is 0.632. The van der Waals surface area contributed by atoms with Gasteiger partial charge in [0.2, 0.25) is 5.91 Å². The number of halogens is 1. The molecule has 0 aromatic heterocycles. The van der Waals surface area contributed by atoms with E-state index in [0.29, 0.717) is 39.6 Å². The second-order valence-electron chi connectivity index (χ2n) is 6.35. The molecule has 3 N–H and O–H groups in total. The molecule has 1 fully saturated rings. The highest BCUT2D eigenvalue weighted by molar-refractivity contribution is 5.85. The minimum atomic E-state index is -0.489. The molecule has 1 aromatic carbocycles. The standard InChI is InChI=1S/C19H30N2O4.ClH/c1-3-23-10-11-25-17-12-14(2)4-5-16(17)13-21-19(22)18(20)15-6-8-24-9-7-15;/h4-5,12,15,18H,3,6-11,13,20H2,1-2H3,(H,21,22);1H. The molecule has 1 unspecified atom stereocenters. The molecule has 1 heterocycles. The summed E-state index contributed by atoms with van der Waals surface area (Å²) < 4.78 is 16.4. The second kappa shape index (κ2) is 12.1. The number of amides is 1. The van der Waals surface area contributed by atoms with Crippen LogP contribution in [-0.2, 0) is 20.8 Å². The predicted molar refractivity (Wildman–Crippen MR) is 104 cm³/mol. The molecule has 0 radical (unpaired) electrons. The highest BCUT2D eigenvalue weighted by Gasteiger charge is 2.26. The molecule has 1 aliphatic rings. The van der Waals surface area contributed by atoms with Gasteiger partial charge in [-0.05, 0) is 44.2 Å². The van der Waals surface area contributed by atoms with Crippen molar-refractivity contribution in [1.29, 1.82) is 0 Å². The Hall–Kier alpha value is -1.34. The number of rotatable bonds is 9. The van der Waals surface area contributed by atoms with E-state index in [1.54, 1.807) is 0 Å². The lowest BCUT2D eigenvalue weighted by Crippen LogP contribution is -2.46. The zero-order valence-electron chi connectivity index (χ0n) is 15.7. The SMILES string of the molecule is CCOCCOc1cc(C)ccc1CNC(=O)C(N)C1CCOCC1.Cl. The number of ether oxygens (including phenoxy) is 3. The molecule has 6 nitrogen and oxygen atoms in total. The monoisotopic (exact) mass is 386 g/mol. The Kier molecular flexibility index (Phi) is 10.6. The van der Waals surface area contributed by atoms with Gasteiger partial charge in [-0.1, -0.05) is 12.1 Å². The van der Waals surface area contributed by atoms with Gasteiger partial charge in [0.25, 0.3) is 0 Å². The first kappa shape index (κ1) is 22.7. The molecule has 1 aliphatic heterocycles. The number of nitrogens with two attached hydrogens (primary N) is 1. The number of nitrogens with one attached hydrogen (secondary N) is 1. The third-order valence-corrected chi connectivity index (χ3v) is 4.44. The van der Waals surface area contributed by atoms with Crippen LogP contribution in [0.1, 0.15) is 30.9 Å². The number of benzene rings is 1. The topological polar surface area (TPSA) is 82.8 Å². The van der Waals surface area contributed by atoms with E-state index in [2.05, 4.69) is 5.32 Å². The summed E-state index contributed by atoms with van der Waals surface area (Å²) in [7, 11) is 0. The summed E-state index contributed by atoms with van der Waals surface area (Å²) in [6, 6.07) is 5.48. The van der Waals surface area contributed by atoms with Gasteiger partial charge >= 0.3 is 0 Å². The van der Waals surface area contributed by atoms with Crippen LogP contribution in [0.2, 0.25) is 0 Å². The summed E-state index contributed by atoms with van der Waals surface area (Å²) >= 11 is 0. The zero-order valence-corrected chi connectivity index (χ0v) is 16.5. The lowest BCUT2D eigenvalue weighted by Gasteiger charge is -2.26. The number of hydrogen-bond donors (Lipinski definition) is 2. The fourth-order valence-electron chi connectivity index (χ4n) is 2.89. The predicted octanol–water partition coefficient (Wildman–Crippen LogP) is 2.20. The zero-order chi connectivity index (χ0) is 18.1. The third-order valence-electron chi connectivity index (χ3n) is 4.44. The highest BCUT2D eigenvalue weighted by atomic mass is 35.5. The smallest absolute Gasteiger partial charge is 0.237 e. The van der Waals surface area contributed by atoms with Crippen LogP contribution in [0.15, 0.2) is 18.2 Å². The highest BCUT2D eigenvalue weighted by Crippen LogP contribution is 2.21. The number of aryl methyl sites for hydroxylation is 1. The largest absolute Gasteiger partial charge is 0.491 e. The van der Waals surface area contributed by atoms with Crippen LogP contribution in [0.25, 0.3) is 0 Å². The van der Waals surface area contributed by atoms with E-state index in [1.165, 1.54) is 0 Å². The molecule has 0 spiro atoms. The van der Waals surface area contributed by atoms with Crippen LogP contribution in [0.5, 0.6) is 5.75 Å². The third kappa shape index (κ3) is 7.11. The van der Waals surface area contributed by atoms with Crippen LogP contribution in [0, 0.1) is 12.8 Å². The second-order valence-corrected chi connectivity index (χ2v) is 6.35. The molecule has 148 valence electrons. The van der Waals surface area contributed by atoms with Gasteiger partial charge in [0, 0.05) is 31.9 Å².